The highest BCUT2D eigenvalue weighted by Crippen LogP contribution is 2.22. The average Bonchev–Trinajstić information content (AvgIpc) is 2.86. The largest absolute Gasteiger partial charge is 0.444 e. The summed E-state index contributed by atoms with van der Waals surface area (Å²) in [6.45, 7) is 1.67. The van der Waals surface area contributed by atoms with Crippen molar-refractivity contribution in [3.63, 3.8) is 0 Å². The summed E-state index contributed by atoms with van der Waals surface area (Å²) >= 11 is 1.56. The number of hydrogen-bond donors (Lipinski definition) is 0. The molecule has 128 valence electrons. The monoisotopic (exact) mass is 355 g/mol. The molecule has 1 heterocycles. The van der Waals surface area contributed by atoms with E-state index in [1.807, 2.05) is 31.2 Å². The van der Waals surface area contributed by atoms with E-state index in [0.717, 1.165) is 9.80 Å². The van der Waals surface area contributed by atoms with Gasteiger partial charge in [-0.2, -0.15) is 0 Å². The fourth-order valence-corrected chi connectivity index (χ4v) is 3.28. The second kappa shape index (κ2) is 7.53. The molecule has 0 N–H and O–H groups in total. The number of esters is 1. The Morgan fingerprint density at radius 3 is 2.20 bits per heavy atom. The summed E-state index contributed by atoms with van der Waals surface area (Å²) in [5.41, 5.74) is 1.88. The Labute approximate surface area is 150 Å². The molecule has 0 fully saturated rings. The molecular formula is C19H17NO4S. The number of thioether (sulfide) groups is 1. The smallest absolute Gasteiger partial charge is 0.308 e. The summed E-state index contributed by atoms with van der Waals surface area (Å²) in [5, 5.41) is 0. The van der Waals surface area contributed by atoms with E-state index in [-0.39, 0.29) is 13.2 Å². The van der Waals surface area contributed by atoms with Crippen LogP contribution < -0.4 is 0 Å². The standard InChI is InChI=1S/C19H17NO4S/c1-13-6-8-14(9-7-13)25-11-10-17(21)24-12-20-18(22)15-4-2-3-5-16(15)19(20)23/h2-9H,10-12H2,1H3. The van der Waals surface area contributed by atoms with Gasteiger partial charge in [-0.3, -0.25) is 14.4 Å². The zero-order valence-electron chi connectivity index (χ0n) is 13.7. The first-order valence-electron chi connectivity index (χ1n) is 7.86. The highest BCUT2D eigenvalue weighted by atomic mass is 32.2. The molecule has 2 aromatic carbocycles. The van der Waals surface area contributed by atoms with Crippen LogP contribution in [0, 0.1) is 6.92 Å². The van der Waals surface area contributed by atoms with Crippen molar-refractivity contribution < 1.29 is 19.1 Å². The number of nitrogens with zero attached hydrogens (tertiary/aromatic N) is 1. The van der Waals surface area contributed by atoms with Crippen LogP contribution in [0.15, 0.2) is 53.4 Å². The fraction of sp³-hybridized carbons (Fsp3) is 0.211. The van der Waals surface area contributed by atoms with Crippen LogP contribution in [0.5, 0.6) is 0 Å². The molecule has 0 radical (unpaired) electrons. The Kier molecular flexibility index (Phi) is 5.19. The lowest BCUT2D eigenvalue weighted by Gasteiger charge is -2.13. The van der Waals surface area contributed by atoms with Crippen molar-refractivity contribution >= 4 is 29.5 Å². The number of ether oxygens (including phenoxy) is 1. The molecule has 5 nitrogen and oxygen atoms in total. The lowest BCUT2D eigenvalue weighted by atomic mass is 10.1. The van der Waals surface area contributed by atoms with Crippen LogP contribution in [0.1, 0.15) is 32.7 Å². The molecule has 0 atom stereocenters. The summed E-state index contributed by atoms with van der Waals surface area (Å²) in [6, 6.07) is 14.6. The number of rotatable bonds is 6. The first kappa shape index (κ1) is 17.2. The van der Waals surface area contributed by atoms with Crippen LogP contribution in [0.25, 0.3) is 0 Å². The van der Waals surface area contributed by atoms with Gasteiger partial charge in [-0.15, -0.1) is 11.8 Å². The normalized spacial score (nSPS) is 13.1. The van der Waals surface area contributed by atoms with Crippen LogP contribution in [-0.4, -0.2) is 35.2 Å². The van der Waals surface area contributed by atoms with Gasteiger partial charge in [0.2, 0.25) is 0 Å². The minimum absolute atomic E-state index is 0.210. The van der Waals surface area contributed by atoms with Gasteiger partial charge in [0, 0.05) is 10.6 Å². The van der Waals surface area contributed by atoms with E-state index in [4.69, 9.17) is 4.74 Å². The van der Waals surface area contributed by atoms with Gasteiger partial charge in [0.1, 0.15) is 0 Å². The first-order chi connectivity index (χ1) is 12.1. The van der Waals surface area contributed by atoms with Crippen molar-refractivity contribution in [1.29, 1.82) is 0 Å². The van der Waals surface area contributed by atoms with Gasteiger partial charge in [0.15, 0.2) is 6.73 Å². The van der Waals surface area contributed by atoms with Crippen LogP contribution in [-0.2, 0) is 9.53 Å². The summed E-state index contributed by atoms with van der Waals surface area (Å²) in [4.78, 5) is 38.2. The van der Waals surface area contributed by atoms with Gasteiger partial charge >= 0.3 is 5.97 Å². The van der Waals surface area contributed by atoms with Gasteiger partial charge in [0.25, 0.3) is 11.8 Å². The lowest BCUT2D eigenvalue weighted by molar-refractivity contribution is -0.145. The van der Waals surface area contributed by atoms with Gasteiger partial charge in [-0.05, 0) is 31.2 Å². The minimum Gasteiger partial charge on any atom is -0.444 e. The Hall–Kier alpha value is -2.60. The zero-order valence-corrected chi connectivity index (χ0v) is 14.5. The van der Waals surface area contributed by atoms with Crippen LogP contribution >= 0.6 is 11.8 Å². The summed E-state index contributed by atoms with van der Waals surface area (Å²) < 4.78 is 5.09. The maximum Gasteiger partial charge on any atom is 0.308 e. The van der Waals surface area contributed by atoms with Crippen molar-refractivity contribution in [2.75, 3.05) is 12.5 Å². The van der Waals surface area contributed by atoms with E-state index in [1.165, 1.54) is 5.56 Å². The lowest BCUT2D eigenvalue weighted by Crippen LogP contribution is -2.33. The molecule has 2 amide bonds. The molecule has 0 unspecified atom stereocenters. The first-order valence-corrected chi connectivity index (χ1v) is 8.85. The highest BCUT2D eigenvalue weighted by molar-refractivity contribution is 7.99. The van der Waals surface area contributed by atoms with E-state index < -0.39 is 17.8 Å². The average molecular weight is 355 g/mol. The van der Waals surface area contributed by atoms with Gasteiger partial charge in [0.05, 0.1) is 17.5 Å². The van der Waals surface area contributed by atoms with E-state index in [9.17, 15) is 14.4 Å². The number of hydrogen-bond acceptors (Lipinski definition) is 5. The van der Waals surface area contributed by atoms with E-state index in [1.54, 1.807) is 36.0 Å². The highest BCUT2D eigenvalue weighted by Gasteiger charge is 2.35. The van der Waals surface area contributed by atoms with Crippen molar-refractivity contribution in [2.24, 2.45) is 0 Å². The molecule has 2 aromatic rings. The number of carbonyl (C=O) groups excluding carboxylic acids is 3. The molecule has 25 heavy (non-hydrogen) atoms. The predicted octanol–water partition coefficient (Wildman–Crippen LogP) is 3.27. The maximum absolute atomic E-state index is 12.2. The molecule has 0 saturated heterocycles. The van der Waals surface area contributed by atoms with E-state index in [0.29, 0.717) is 16.9 Å². The molecule has 1 aliphatic rings. The van der Waals surface area contributed by atoms with E-state index >= 15 is 0 Å². The molecule has 0 bridgehead atoms. The SMILES string of the molecule is Cc1ccc(SCCC(=O)OCN2C(=O)c3ccccc3C2=O)cc1. The Morgan fingerprint density at radius 1 is 1.00 bits per heavy atom. The van der Waals surface area contributed by atoms with Crippen LogP contribution in [0.2, 0.25) is 0 Å². The van der Waals surface area contributed by atoms with Gasteiger partial charge in [-0.25, -0.2) is 4.90 Å². The summed E-state index contributed by atoms with van der Waals surface area (Å²) in [5.74, 6) is -0.717. The maximum atomic E-state index is 12.2. The van der Waals surface area contributed by atoms with Crippen molar-refractivity contribution in [3.8, 4) is 0 Å². The van der Waals surface area contributed by atoms with Crippen molar-refractivity contribution in [3.05, 3.63) is 65.2 Å². The summed E-state index contributed by atoms with van der Waals surface area (Å²) in [6.07, 6.45) is 0.210. The minimum atomic E-state index is -0.434. The third-order valence-corrected chi connectivity index (χ3v) is 4.84. The fourth-order valence-electron chi connectivity index (χ4n) is 2.45. The van der Waals surface area contributed by atoms with Gasteiger partial charge in [-0.1, -0.05) is 29.8 Å². The van der Waals surface area contributed by atoms with Crippen LogP contribution in [0.4, 0.5) is 0 Å². The number of imide groups is 1. The molecule has 6 heteroatoms. The second-order valence-electron chi connectivity index (χ2n) is 5.64. The Bertz CT molecular complexity index is 781. The Morgan fingerprint density at radius 2 is 1.60 bits per heavy atom. The number of fused-ring (bicyclic) bond motifs is 1. The third-order valence-electron chi connectivity index (χ3n) is 3.83. The molecule has 0 aliphatic carbocycles. The quantitative estimate of drug-likeness (QED) is 0.452. The number of carbonyl (C=O) groups is 3. The molecular weight excluding hydrogens is 338 g/mol. The predicted molar refractivity (Wildman–Crippen MR) is 94.4 cm³/mol. The zero-order chi connectivity index (χ0) is 17.8. The van der Waals surface area contributed by atoms with Gasteiger partial charge < -0.3 is 4.74 Å². The molecule has 0 spiro atoms. The topological polar surface area (TPSA) is 63.7 Å². The molecule has 3 rings (SSSR count). The number of amides is 2. The third kappa shape index (κ3) is 3.91. The number of aryl methyl sites for hydroxylation is 1. The molecule has 0 saturated carbocycles. The van der Waals surface area contributed by atoms with Crippen molar-refractivity contribution in [2.45, 2.75) is 18.2 Å². The number of benzene rings is 2. The second-order valence-corrected chi connectivity index (χ2v) is 6.81. The summed E-state index contributed by atoms with van der Waals surface area (Å²) in [7, 11) is 0. The van der Waals surface area contributed by atoms with E-state index in [2.05, 4.69) is 0 Å². The molecule has 0 aromatic heterocycles. The van der Waals surface area contributed by atoms with Crippen LogP contribution in [0.3, 0.4) is 0 Å². The van der Waals surface area contributed by atoms with Crippen molar-refractivity contribution in [1.82, 2.24) is 4.90 Å². The molecule has 1 aliphatic heterocycles. The Balaban J connectivity index is 1.46.